The van der Waals surface area contributed by atoms with Crippen molar-refractivity contribution in [2.75, 3.05) is 5.73 Å². The van der Waals surface area contributed by atoms with E-state index < -0.39 is 5.82 Å². The van der Waals surface area contributed by atoms with Gasteiger partial charge in [0.1, 0.15) is 5.82 Å². The summed E-state index contributed by atoms with van der Waals surface area (Å²) in [6, 6.07) is 4.77. The molecule has 20 heavy (non-hydrogen) atoms. The molecule has 0 saturated carbocycles. The van der Waals surface area contributed by atoms with E-state index in [-0.39, 0.29) is 5.02 Å². The summed E-state index contributed by atoms with van der Waals surface area (Å²) in [7, 11) is 0. The number of pyridine rings is 1. The minimum absolute atomic E-state index is 0.0603. The molecule has 4 nitrogen and oxygen atoms in total. The van der Waals surface area contributed by atoms with Gasteiger partial charge in [-0.3, -0.25) is 4.98 Å². The van der Waals surface area contributed by atoms with Gasteiger partial charge in [-0.25, -0.2) is 9.37 Å². The molecule has 0 unspecified atom stereocenters. The predicted octanol–water partition coefficient (Wildman–Crippen LogP) is 3.16. The van der Waals surface area contributed by atoms with Gasteiger partial charge in [0.05, 0.1) is 22.6 Å². The zero-order valence-electron chi connectivity index (χ0n) is 10.8. The van der Waals surface area contributed by atoms with Gasteiger partial charge >= 0.3 is 0 Å². The average molecular weight is 291 g/mol. The van der Waals surface area contributed by atoms with Gasteiger partial charge in [0.15, 0.2) is 0 Å². The third-order valence-electron chi connectivity index (χ3n) is 3.28. The van der Waals surface area contributed by atoms with E-state index in [2.05, 4.69) is 9.97 Å². The number of fused-ring (bicyclic) bond motifs is 1. The van der Waals surface area contributed by atoms with Crippen molar-refractivity contribution in [2.24, 2.45) is 0 Å². The molecule has 0 atom stereocenters. The quantitative estimate of drug-likeness (QED) is 0.789. The second-order valence-electron chi connectivity index (χ2n) is 4.61. The van der Waals surface area contributed by atoms with Gasteiger partial charge in [-0.1, -0.05) is 11.6 Å². The van der Waals surface area contributed by atoms with Crippen LogP contribution in [0.2, 0.25) is 5.02 Å². The van der Waals surface area contributed by atoms with Crippen molar-refractivity contribution in [1.29, 1.82) is 0 Å². The smallest absolute Gasteiger partial charge is 0.201 e. The van der Waals surface area contributed by atoms with E-state index in [0.717, 1.165) is 11.1 Å². The summed E-state index contributed by atoms with van der Waals surface area (Å²) in [5.74, 6) is -0.165. The Morgan fingerprint density at radius 1 is 1.40 bits per heavy atom. The van der Waals surface area contributed by atoms with Crippen LogP contribution in [0.1, 0.15) is 11.1 Å². The Morgan fingerprint density at radius 3 is 2.95 bits per heavy atom. The number of benzene rings is 1. The number of nitrogens with zero attached hydrogens (tertiary/aromatic N) is 3. The first-order valence-electron chi connectivity index (χ1n) is 6.06. The normalized spacial score (nSPS) is 11.2. The summed E-state index contributed by atoms with van der Waals surface area (Å²) in [6.07, 6.45) is 3.52. The van der Waals surface area contributed by atoms with Crippen LogP contribution in [0, 0.1) is 12.7 Å². The lowest BCUT2D eigenvalue weighted by Crippen LogP contribution is -2.06. The summed E-state index contributed by atoms with van der Waals surface area (Å²) >= 11 is 5.84. The van der Waals surface area contributed by atoms with E-state index in [9.17, 15) is 4.39 Å². The molecule has 2 aromatic heterocycles. The first-order chi connectivity index (χ1) is 9.56. The summed E-state index contributed by atoms with van der Waals surface area (Å²) in [6.45, 7) is 2.52. The van der Waals surface area contributed by atoms with Crippen molar-refractivity contribution in [3.63, 3.8) is 0 Å². The lowest BCUT2D eigenvalue weighted by Gasteiger charge is -2.09. The number of halogens is 2. The largest absolute Gasteiger partial charge is 0.369 e. The second kappa shape index (κ2) is 4.76. The highest BCUT2D eigenvalue weighted by Gasteiger charge is 2.12. The van der Waals surface area contributed by atoms with Gasteiger partial charge in [-0.15, -0.1) is 0 Å². The number of aromatic nitrogens is 3. The molecular weight excluding hydrogens is 279 g/mol. The summed E-state index contributed by atoms with van der Waals surface area (Å²) in [4.78, 5) is 8.23. The average Bonchev–Trinajstić information content (AvgIpc) is 2.69. The van der Waals surface area contributed by atoms with Gasteiger partial charge in [0.25, 0.3) is 0 Å². The van der Waals surface area contributed by atoms with Crippen LogP contribution >= 0.6 is 11.6 Å². The van der Waals surface area contributed by atoms with Crippen LogP contribution in [-0.2, 0) is 6.54 Å². The Morgan fingerprint density at radius 2 is 2.20 bits per heavy atom. The maximum Gasteiger partial charge on any atom is 0.201 e. The molecule has 2 heterocycles. The second-order valence-corrected chi connectivity index (χ2v) is 5.02. The van der Waals surface area contributed by atoms with E-state index in [1.807, 2.05) is 17.6 Å². The maximum absolute atomic E-state index is 13.5. The van der Waals surface area contributed by atoms with Gasteiger partial charge in [0, 0.05) is 18.5 Å². The lowest BCUT2D eigenvalue weighted by molar-refractivity contribution is 0.629. The van der Waals surface area contributed by atoms with Crippen molar-refractivity contribution in [1.82, 2.24) is 14.5 Å². The zero-order valence-corrected chi connectivity index (χ0v) is 11.5. The molecule has 6 heteroatoms. The number of hydrogen-bond acceptors (Lipinski definition) is 3. The zero-order chi connectivity index (χ0) is 14.3. The Hall–Kier alpha value is -2.14. The standard InChI is InChI=1S/C14H12ClFN4/c1-8-6-18-3-2-9(8)7-20-13-4-10(15)11(16)5-12(13)19-14(20)17/h2-6H,7H2,1H3,(H2,17,19). The number of hydrogen-bond donors (Lipinski definition) is 1. The first kappa shape index (κ1) is 12.9. The molecule has 0 spiro atoms. The van der Waals surface area contributed by atoms with Crippen molar-refractivity contribution in [2.45, 2.75) is 13.5 Å². The van der Waals surface area contributed by atoms with Crippen LogP contribution in [-0.4, -0.2) is 14.5 Å². The Labute approximate surface area is 120 Å². The van der Waals surface area contributed by atoms with Crippen LogP contribution in [0.25, 0.3) is 11.0 Å². The lowest BCUT2D eigenvalue weighted by atomic mass is 10.1. The summed E-state index contributed by atoms with van der Waals surface area (Å²) in [5, 5.41) is 0.0603. The Kier molecular flexibility index (Phi) is 3.06. The molecule has 3 aromatic rings. The van der Waals surface area contributed by atoms with Gasteiger partial charge in [-0.2, -0.15) is 0 Å². The molecule has 0 aliphatic rings. The molecule has 102 valence electrons. The minimum atomic E-state index is -0.496. The Balaban J connectivity index is 2.14. The number of nitrogens with two attached hydrogens (primary N) is 1. The summed E-state index contributed by atoms with van der Waals surface area (Å²) < 4.78 is 15.3. The van der Waals surface area contributed by atoms with Crippen molar-refractivity contribution >= 4 is 28.6 Å². The predicted molar refractivity (Wildman–Crippen MR) is 77.2 cm³/mol. The van der Waals surface area contributed by atoms with Crippen molar-refractivity contribution in [3.8, 4) is 0 Å². The molecule has 0 saturated heterocycles. The van der Waals surface area contributed by atoms with E-state index in [4.69, 9.17) is 17.3 Å². The number of aryl methyl sites for hydroxylation is 1. The highest BCUT2D eigenvalue weighted by atomic mass is 35.5. The topological polar surface area (TPSA) is 56.7 Å². The number of rotatable bonds is 2. The SMILES string of the molecule is Cc1cnccc1Cn1c(N)nc2cc(F)c(Cl)cc21. The highest BCUT2D eigenvalue weighted by molar-refractivity contribution is 6.31. The van der Waals surface area contributed by atoms with E-state index in [0.29, 0.717) is 23.5 Å². The fraction of sp³-hybridized carbons (Fsp3) is 0.143. The van der Waals surface area contributed by atoms with Crippen LogP contribution in [0.15, 0.2) is 30.6 Å². The highest BCUT2D eigenvalue weighted by Crippen LogP contribution is 2.25. The van der Waals surface area contributed by atoms with E-state index in [1.165, 1.54) is 6.07 Å². The fourth-order valence-corrected chi connectivity index (χ4v) is 2.31. The third kappa shape index (κ3) is 2.10. The van der Waals surface area contributed by atoms with Crippen molar-refractivity contribution < 1.29 is 4.39 Å². The first-order valence-corrected chi connectivity index (χ1v) is 6.44. The molecule has 0 bridgehead atoms. The monoisotopic (exact) mass is 290 g/mol. The van der Waals surface area contributed by atoms with Crippen molar-refractivity contribution in [3.05, 3.63) is 52.6 Å². The van der Waals surface area contributed by atoms with Crippen LogP contribution < -0.4 is 5.73 Å². The number of nitrogen functional groups attached to an aromatic ring is 1. The number of imidazole rings is 1. The molecule has 1 aromatic carbocycles. The summed E-state index contributed by atoms with van der Waals surface area (Å²) in [5.41, 5.74) is 9.26. The van der Waals surface area contributed by atoms with Crippen LogP contribution in [0.3, 0.4) is 0 Å². The van der Waals surface area contributed by atoms with Gasteiger partial charge in [0.2, 0.25) is 5.95 Å². The van der Waals surface area contributed by atoms with E-state index in [1.54, 1.807) is 18.5 Å². The fourth-order valence-electron chi connectivity index (χ4n) is 2.15. The third-order valence-corrected chi connectivity index (χ3v) is 3.57. The maximum atomic E-state index is 13.5. The molecule has 0 radical (unpaired) electrons. The van der Waals surface area contributed by atoms with Gasteiger partial charge in [-0.05, 0) is 30.2 Å². The minimum Gasteiger partial charge on any atom is -0.369 e. The van der Waals surface area contributed by atoms with E-state index >= 15 is 0 Å². The Bertz CT molecular complexity index is 797. The van der Waals surface area contributed by atoms with Crippen LogP contribution in [0.5, 0.6) is 0 Å². The molecular formula is C14H12ClFN4. The van der Waals surface area contributed by atoms with Crippen LogP contribution in [0.4, 0.5) is 10.3 Å². The molecule has 0 fully saturated rings. The molecule has 3 rings (SSSR count). The molecule has 0 amide bonds. The molecule has 0 aliphatic carbocycles. The number of anilines is 1. The molecule has 2 N–H and O–H groups in total. The molecule has 0 aliphatic heterocycles. The van der Waals surface area contributed by atoms with Gasteiger partial charge < -0.3 is 10.3 Å².